The van der Waals surface area contributed by atoms with E-state index in [2.05, 4.69) is 25.4 Å². The molecule has 0 unspecified atom stereocenters. The standard InChI is InChI=1S/C20H12ClF3N6O2/c21-13-2-1-3-14(7-13)27-19-26-10-15(11-6-12(18(31)32)9-25-8-11)17(28-19)30-5-4-16(29-30)20(22,23)24/h1-10H,(H,31,32)(H,26,27,28). The lowest BCUT2D eigenvalue weighted by molar-refractivity contribution is -0.141. The van der Waals surface area contributed by atoms with Crippen LogP contribution in [-0.2, 0) is 6.18 Å². The van der Waals surface area contributed by atoms with Crippen molar-refractivity contribution < 1.29 is 23.1 Å². The van der Waals surface area contributed by atoms with E-state index in [9.17, 15) is 23.1 Å². The molecule has 0 aliphatic heterocycles. The van der Waals surface area contributed by atoms with Gasteiger partial charge in [-0.2, -0.15) is 23.3 Å². The van der Waals surface area contributed by atoms with Gasteiger partial charge in [-0.15, -0.1) is 0 Å². The Morgan fingerprint density at radius 2 is 1.94 bits per heavy atom. The molecule has 4 rings (SSSR count). The third-order valence-electron chi connectivity index (χ3n) is 4.24. The van der Waals surface area contributed by atoms with E-state index < -0.39 is 17.8 Å². The number of halogens is 4. The van der Waals surface area contributed by atoms with E-state index >= 15 is 0 Å². The van der Waals surface area contributed by atoms with E-state index in [1.165, 1.54) is 18.5 Å². The van der Waals surface area contributed by atoms with Gasteiger partial charge in [-0.05, 0) is 30.3 Å². The second-order valence-corrected chi connectivity index (χ2v) is 6.91. The average Bonchev–Trinajstić information content (AvgIpc) is 3.25. The first kappa shape index (κ1) is 21.2. The fourth-order valence-corrected chi connectivity index (χ4v) is 2.99. The second kappa shape index (κ2) is 8.27. The van der Waals surface area contributed by atoms with Crippen LogP contribution in [0, 0.1) is 0 Å². The van der Waals surface area contributed by atoms with E-state index in [0.717, 1.165) is 23.1 Å². The van der Waals surface area contributed by atoms with E-state index in [1.54, 1.807) is 24.3 Å². The zero-order valence-corrected chi connectivity index (χ0v) is 16.6. The van der Waals surface area contributed by atoms with E-state index in [0.29, 0.717) is 16.3 Å². The van der Waals surface area contributed by atoms with Gasteiger partial charge >= 0.3 is 12.1 Å². The van der Waals surface area contributed by atoms with Crippen LogP contribution in [0.25, 0.3) is 16.9 Å². The fourth-order valence-electron chi connectivity index (χ4n) is 2.80. The summed E-state index contributed by atoms with van der Waals surface area (Å²) in [7, 11) is 0. The van der Waals surface area contributed by atoms with Crippen molar-refractivity contribution in [2.45, 2.75) is 6.18 Å². The Balaban J connectivity index is 1.83. The number of hydrogen-bond donors (Lipinski definition) is 2. The molecule has 4 aromatic rings. The minimum Gasteiger partial charge on any atom is -0.478 e. The number of carbonyl (C=O) groups is 1. The van der Waals surface area contributed by atoms with E-state index in [1.807, 2.05) is 0 Å². The Kier molecular flexibility index (Phi) is 5.49. The number of hydrogen-bond acceptors (Lipinski definition) is 6. The molecule has 0 aliphatic rings. The van der Waals surface area contributed by atoms with Crippen molar-refractivity contribution in [3.8, 4) is 16.9 Å². The second-order valence-electron chi connectivity index (χ2n) is 6.48. The summed E-state index contributed by atoms with van der Waals surface area (Å²) in [5, 5.41) is 16.2. The number of anilines is 2. The Labute approximate surface area is 183 Å². The summed E-state index contributed by atoms with van der Waals surface area (Å²) in [6.45, 7) is 0. The molecule has 3 aromatic heterocycles. The van der Waals surface area contributed by atoms with Gasteiger partial charge in [0.2, 0.25) is 5.95 Å². The number of carboxylic acids is 1. The average molecular weight is 461 g/mol. The van der Waals surface area contributed by atoms with Gasteiger partial charge in [0.05, 0.1) is 5.56 Å². The summed E-state index contributed by atoms with van der Waals surface area (Å²) in [5.41, 5.74) is -0.135. The Hall–Kier alpha value is -3.99. The van der Waals surface area contributed by atoms with Crippen molar-refractivity contribution in [3.63, 3.8) is 0 Å². The molecule has 0 saturated heterocycles. The number of alkyl halides is 3. The summed E-state index contributed by atoms with van der Waals surface area (Å²) in [4.78, 5) is 23.7. The summed E-state index contributed by atoms with van der Waals surface area (Å²) in [6.07, 6.45) is 0.300. The number of aromatic nitrogens is 5. The predicted molar refractivity (Wildman–Crippen MR) is 109 cm³/mol. The van der Waals surface area contributed by atoms with Gasteiger partial charge in [0.1, 0.15) is 0 Å². The van der Waals surface area contributed by atoms with Crippen LogP contribution in [0.2, 0.25) is 5.02 Å². The minimum absolute atomic E-state index is 0.00985. The van der Waals surface area contributed by atoms with Crippen LogP contribution < -0.4 is 5.32 Å². The maximum Gasteiger partial charge on any atom is 0.435 e. The highest BCUT2D eigenvalue weighted by Gasteiger charge is 2.34. The Morgan fingerprint density at radius 3 is 2.62 bits per heavy atom. The van der Waals surface area contributed by atoms with Crippen LogP contribution >= 0.6 is 11.6 Å². The van der Waals surface area contributed by atoms with Crippen LogP contribution in [-0.4, -0.2) is 35.8 Å². The SMILES string of the molecule is O=C(O)c1cncc(-c2cnc(Nc3cccc(Cl)c3)nc2-n2ccc(C(F)(F)F)n2)c1. The molecule has 32 heavy (non-hydrogen) atoms. The molecule has 1 aromatic carbocycles. The number of rotatable bonds is 5. The van der Waals surface area contributed by atoms with Crippen molar-refractivity contribution in [3.05, 3.63) is 77.5 Å². The van der Waals surface area contributed by atoms with Gasteiger partial charge in [0.25, 0.3) is 0 Å². The molecule has 0 spiro atoms. The molecule has 0 saturated carbocycles. The molecule has 162 valence electrons. The van der Waals surface area contributed by atoms with Crippen molar-refractivity contribution in [2.24, 2.45) is 0 Å². The van der Waals surface area contributed by atoms with Gasteiger partial charge in [0.15, 0.2) is 11.5 Å². The smallest absolute Gasteiger partial charge is 0.435 e. The largest absolute Gasteiger partial charge is 0.478 e. The summed E-state index contributed by atoms with van der Waals surface area (Å²) < 4.78 is 40.2. The number of carboxylic acid groups (broad SMARTS) is 1. The summed E-state index contributed by atoms with van der Waals surface area (Å²) >= 11 is 5.97. The first-order valence-electron chi connectivity index (χ1n) is 8.92. The molecule has 12 heteroatoms. The highest BCUT2D eigenvalue weighted by Crippen LogP contribution is 2.30. The molecule has 0 fully saturated rings. The van der Waals surface area contributed by atoms with Crippen molar-refractivity contribution in [1.29, 1.82) is 0 Å². The monoisotopic (exact) mass is 460 g/mol. The molecule has 8 nitrogen and oxygen atoms in total. The number of pyridine rings is 1. The normalized spacial score (nSPS) is 11.4. The maximum atomic E-state index is 13.1. The molecular formula is C20H12ClF3N6O2. The summed E-state index contributed by atoms with van der Waals surface area (Å²) in [6, 6.07) is 8.82. The molecule has 0 atom stereocenters. The quantitative estimate of drug-likeness (QED) is 0.439. The first-order chi connectivity index (χ1) is 15.2. The topological polar surface area (TPSA) is 106 Å². The number of nitrogens with zero attached hydrogens (tertiary/aromatic N) is 5. The van der Waals surface area contributed by atoms with Crippen LogP contribution in [0.5, 0.6) is 0 Å². The van der Waals surface area contributed by atoms with Crippen LogP contribution in [0.15, 0.2) is 61.2 Å². The fraction of sp³-hybridized carbons (Fsp3) is 0.0500. The molecule has 0 amide bonds. The van der Waals surface area contributed by atoms with Gasteiger partial charge < -0.3 is 10.4 Å². The van der Waals surface area contributed by atoms with Crippen molar-refractivity contribution >= 4 is 29.2 Å². The maximum absolute atomic E-state index is 13.1. The first-order valence-corrected chi connectivity index (χ1v) is 9.30. The molecular weight excluding hydrogens is 449 g/mol. The van der Waals surface area contributed by atoms with Crippen LogP contribution in [0.1, 0.15) is 16.1 Å². The van der Waals surface area contributed by atoms with E-state index in [4.69, 9.17) is 11.6 Å². The number of aromatic carboxylic acids is 1. The lowest BCUT2D eigenvalue weighted by Crippen LogP contribution is -2.10. The highest BCUT2D eigenvalue weighted by atomic mass is 35.5. The summed E-state index contributed by atoms with van der Waals surface area (Å²) in [5.74, 6) is -1.15. The van der Waals surface area contributed by atoms with Crippen molar-refractivity contribution in [1.82, 2.24) is 24.7 Å². The molecule has 2 N–H and O–H groups in total. The number of nitrogens with one attached hydrogen (secondary N) is 1. The predicted octanol–water partition coefficient (Wildman–Crippen LogP) is 4.84. The molecule has 0 bridgehead atoms. The van der Waals surface area contributed by atoms with Gasteiger partial charge in [-0.25, -0.2) is 14.5 Å². The Bertz CT molecular complexity index is 1310. The van der Waals surface area contributed by atoms with Crippen LogP contribution in [0.4, 0.5) is 24.8 Å². The lowest BCUT2D eigenvalue weighted by atomic mass is 10.1. The zero-order chi connectivity index (χ0) is 22.9. The zero-order valence-electron chi connectivity index (χ0n) is 15.9. The highest BCUT2D eigenvalue weighted by molar-refractivity contribution is 6.30. The molecule has 0 radical (unpaired) electrons. The Morgan fingerprint density at radius 1 is 1.12 bits per heavy atom. The van der Waals surface area contributed by atoms with Gasteiger partial charge in [-0.3, -0.25) is 4.98 Å². The third kappa shape index (κ3) is 4.52. The third-order valence-corrected chi connectivity index (χ3v) is 4.48. The number of benzene rings is 1. The molecule has 0 aliphatic carbocycles. The van der Waals surface area contributed by atoms with Crippen molar-refractivity contribution in [2.75, 3.05) is 5.32 Å². The van der Waals surface area contributed by atoms with E-state index in [-0.39, 0.29) is 22.9 Å². The van der Waals surface area contributed by atoms with Gasteiger partial charge in [-0.1, -0.05) is 17.7 Å². The van der Waals surface area contributed by atoms with Gasteiger partial charge in [0, 0.05) is 46.6 Å². The molecule has 3 heterocycles. The van der Waals surface area contributed by atoms with Crippen LogP contribution in [0.3, 0.4) is 0 Å². The minimum atomic E-state index is -4.65. The lowest BCUT2D eigenvalue weighted by Gasteiger charge is -2.12.